The lowest BCUT2D eigenvalue weighted by Crippen LogP contribution is -2.36. The molecule has 0 heterocycles. The molecule has 0 aliphatic carbocycles. The fourth-order valence-electron chi connectivity index (χ4n) is 2.44. The Hall–Kier alpha value is -1.42. The van der Waals surface area contributed by atoms with Gasteiger partial charge in [-0.25, -0.2) is 4.39 Å². The number of amides is 1. The molecule has 3 nitrogen and oxygen atoms in total. The normalized spacial score (nSPS) is 11.4. The summed E-state index contributed by atoms with van der Waals surface area (Å²) in [5.41, 5.74) is -0.205. The minimum Gasteiger partial charge on any atom is -0.389 e. The van der Waals surface area contributed by atoms with Gasteiger partial charge >= 0.3 is 0 Å². The molecule has 112 valence electrons. The molecular formula is C16H24FNO2. The second kappa shape index (κ2) is 8.00. The second-order valence-electron chi connectivity index (χ2n) is 5.31. The van der Waals surface area contributed by atoms with Crippen LogP contribution in [0.15, 0.2) is 24.3 Å². The van der Waals surface area contributed by atoms with Crippen LogP contribution in [0, 0.1) is 5.82 Å². The number of halogens is 1. The van der Waals surface area contributed by atoms with E-state index in [1.54, 1.807) is 12.1 Å². The van der Waals surface area contributed by atoms with Crippen LogP contribution in [-0.4, -0.2) is 16.6 Å². The lowest BCUT2D eigenvalue weighted by Gasteiger charge is -2.26. The van der Waals surface area contributed by atoms with Gasteiger partial charge in [-0.3, -0.25) is 4.79 Å². The lowest BCUT2D eigenvalue weighted by atomic mass is 9.89. The quantitative estimate of drug-likeness (QED) is 0.769. The van der Waals surface area contributed by atoms with E-state index in [9.17, 15) is 14.3 Å². The SMILES string of the molecule is CCCC(O)(CCC)CC(=O)NCc1cccc(F)c1. The van der Waals surface area contributed by atoms with Gasteiger partial charge < -0.3 is 10.4 Å². The molecular weight excluding hydrogens is 257 g/mol. The fraction of sp³-hybridized carbons (Fsp3) is 0.562. The van der Waals surface area contributed by atoms with E-state index in [0.717, 1.165) is 12.8 Å². The van der Waals surface area contributed by atoms with Crippen LogP contribution in [0.25, 0.3) is 0 Å². The van der Waals surface area contributed by atoms with E-state index in [2.05, 4.69) is 5.32 Å². The summed E-state index contributed by atoms with van der Waals surface area (Å²) in [6.45, 7) is 4.27. The molecule has 0 spiro atoms. The zero-order valence-corrected chi connectivity index (χ0v) is 12.3. The molecule has 0 aliphatic rings. The molecule has 0 saturated heterocycles. The molecule has 1 aromatic rings. The van der Waals surface area contributed by atoms with E-state index in [4.69, 9.17) is 0 Å². The number of benzene rings is 1. The smallest absolute Gasteiger partial charge is 0.223 e. The zero-order valence-electron chi connectivity index (χ0n) is 12.3. The number of hydrogen-bond acceptors (Lipinski definition) is 2. The van der Waals surface area contributed by atoms with Crippen molar-refractivity contribution in [3.05, 3.63) is 35.6 Å². The molecule has 0 aromatic heterocycles. The summed E-state index contributed by atoms with van der Waals surface area (Å²) >= 11 is 0. The summed E-state index contributed by atoms with van der Waals surface area (Å²) in [7, 11) is 0. The first-order valence-corrected chi connectivity index (χ1v) is 7.22. The highest BCUT2D eigenvalue weighted by Crippen LogP contribution is 2.23. The molecule has 0 bridgehead atoms. The molecule has 0 aliphatic heterocycles. The van der Waals surface area contributed by atoms with Crippen LogP contribution in [-0.2, 0) is 11.3 Å². The predicted molar refractivity (Wildman–Crippen MR) is 77.6 cm³/mol. The Bertz CT molecular complexity index is 428. The van der Waals surface area contributed by atoms with Crippen molar-refractivity contribution >= 4 is 5.91 Å². The van der Waals surface area contributed by atoms with Gasteiger partial charge in [-0.1, -0.05) is 38.8 Å². The third-order valence-corrected chi connectivity index (χ3v) is 3.30. The van der Waals surface area contributed by atoms with Crippen LogP contribution in [0.4, 0.5) is 4.39 Å². The summed E-state index contributed by atoms with van der Waals surface area (Å²) in [6.07, 6.45) is 3.02. The Balaban J connectivity index is 2.49. The minimum atomic E-state index is -0.921. The van der Waals surface area contributed by atoms with Gasteiger partial charge in [0.05, 0.1) is 12.0 Å². The maximum atomic E-state index is 13.0. The molecule has 20 heavy (non-hydrogen) atoms. The van der Waals surface area contributed by atoms with Gasteiger partial charge in [0.2, 0.25) is 5.91 Å². The number of nitrogens with one attached hydrogen (secondary N) is 1. The number of carbonyl (C=O) groups is 1. The summed E-state index contributed by atoms with van der Waals surface area (Å²) in [5.74, 6) is -0.510. The van der Waals surface area contributed by atoms with Gasteiger partial charge in [-0.15, -0.1) is 0 Å². The number of carbonyl (C=O) groups excluding carboxylic acids is 1. The number of aliphatic hydroxyl groups is 1. The van der Waals surface area contributed by atoms with Crippen molar-refractivity contribution in [2.24, 2.45) is 0 Å². The molecule has 0 atom stereocenters. The van der Waals surface area contributed by atoms with Crippen molar-refractivity contribution in [1.82, 2.24) is 5.32 Å². The molecule has 0 unspecified atom stereocenters. The molecule has 1 aromatic carbocycles. The van der Waals surface area contributed by atoms with Crippen molar-refractivity contribution in [3.8, 4) is 0 Å². The minimum absolute atomic E-state index is 0.101. The molecule has 1 rings (SSSR count). The van der Waals surface area contributed by atoms with Gasteiger partial charge in [0.25, 0.3) is 0 Å². The van der Waals surface area contributed by atoms with Crippen molar-refractivity contribution in [2.45, 2.75) is 58.1 Å². The Morgan fingerprint density at radius 3 is 2.50 bits per heavy atom. The van der Waals surface area contributed by atoms with Gasteiger partial charge in [0.15, 0.2) is 0 Å². The second-order valence-corrected chi connectivity index (χ2v) is 5.31. The Morgan fingerprint density at radius 2 is 1.95 bits per heavy atom. The predicted octanol–water partition coefficient (Wildman–Crippen LogP) is 3.16. The summed E-state index contributed by atoms with van der Waals surface area (Å²) in [6, 6.07) is 6.13. The first kappa shape index (κ1) is 16.6. The van der Waals surface area contributed by atoms with E-state index in [1.807, 2.05) is 13.8 Å². The van der Waals surface area contributed by atoms with Gasteiger partial charge in [-0.05, 0) is 30.5 Å². The standard InChI is InChI=1S/C16H24FNO2/c1-3-8-16(20,9-4-2)11-15(19)18-12-13-6-5-7-14(17)10-13/h5-7,10,20H,3-4,8-9,11-12H2,1-2H3,(H,18,19). The van der Waals surface area contributed by atoms with Crippen LogP contribution >= 0.6 is 0 Å². The zero-order chi connectivity index (χ0) is 15.0. The third kappa shape index (κ3) is 5.70. The highest BCUT2D eigenvalue weighted by molar-refractivity contribution is 5.77. The fourth-order valence-corrected chi connectivity index (χ4v) is 2.44. The summed E-state index contributed by atoms with van der Waals surface area (Å²) < 4.78 is 13.0. The molecule has 2 N–H and O–H groups in total. The van der Waals surface area contributed by atoms with E-state index >= 15 is 0 Å². The third-order valence-electron chi connectivity index (χ3n) is 3.30. The van der Waals surface area contributed by atoms with E-state index < -0.39 is 5.60 Å². The molecule has 1 amide bonds. The summed E-state index contributed by atoms with van der Waals surface area (Å²) in [5, 5.41) is 13.1. The van der Waals surface area contributed by atoms with Crippen molar-refractivity contribution in [1.29, 1.82) is 0 Å². The average Bonchev–Trinajstić information content (AvgIpc) is 2.37. The van der Waals surface area contributed by atoms with Crippen molar-refractivity contribution in [2.75, 3.05) is 0 Å². The number of hydrogen-bond donors (Lipinski definition) is 2. The van der Waals surface area contributed by atoms with Crippen LogP contribution < -0.4 is 5.32 Å². The van der Waals surface area contributed by atoms with Crippen LogP contribution in [0.1, 0.15) is 51.5 Å². The topological polar surface area (TPSA) is 49.3 Å². The van der Waals surface area contributed by atoms with Crippen LogP contribution in [0.2, 0.25) is 0 Å². The Morgan fingerprint density at radius 1 is 1.30 bits per heavy atom. The van der Waals surface area contributed by atoms with Gasteiger partial charge in [-0.2, -0.15) is 0 Å². The molecule has 0 fully saturated rings. The number of rotatable bonds is 8. The van der Waals surface area contributed by atoms with Crippen LogP contribution in [0.5, 0.6) is 0 Å². The first-order valence-electron chi connectivity index (χ1n) is 7.22. The Kier molecular flexibility index (Phi) is 6.65. The monoisotopic (exact) mass is 281 g/mol. The van der Waals surface area contributed by atoms with E-state index in [-0.39, 0.29) is 24.7 Å². The highest BCUT2D eigenvalue weighted by Gasteiger charge is 2.27. The van der Waals surface area contributed by atoms with Crippen molar-refractivity contribution < 1.29 is 14.3 Å². The molecule has 4 heteroatoms. The Labute approximate surface area is 120 Å². The van der Waals surface area contributed by atoms with E-state index in [0.29, 0.717) is 18.4 Å². The summed E-state index contributed by atoms with van der Waals surface area (Å²) in [4.78, 5) is 11.9. The maximum absolute atomic E-state index is 13.0. The van der Waals surface area contributed by atoms with Gasteiger partial charge in [0.1, 0.15) is 5.82 Å². The molecule has 0 saturated carbocycles. The average molecular weight is 281 g/mol. The van der Waals surface area contributed by atoms with E-state index in [1.165, 1.54) is 12.1 Å². The highest BCUT2D eigenvalue weighted by atomic mass is 19.1. The lowest BCUT2D eigenvalue weighted by molar-refractivity contribution is -0.126. The van der Waals surface area contributed by atoms with Crippen molar-refractivity contribution in [3.63, 3.8) is 0 Å². The first-order chi connectivity index (χ1) is 9.49. The largest absolute Gasteiger partial charge is 0.389 e. The molecule has 0 radical (unpaired) electrons. The van der Waals surface area contributed by atoms with Gasteiger partial charge in [0, 0.05) is 6.54 Å². The maximum Gasteiger partial charge on any atom is 0.223 e. The van der Waals surface area contributed by atoms with Crippen LogP contribution in [0.3, 0.4) is 0 Å².